The molecule has 7 heteroatoms. The lowest BCUT2D eigenvalue weighted by Gasteiger charge is -2.33. The third kappa shape index (κ3) is 3.22. The van der Waals surface area contributed by atoms with Gasteiger partial charge in [-0.1, -0.05) is 12.1 Å². The molecule has 1 fully saturated rings. The second-order valence-corrected chi connectivity index (χ2v) is 6.55. The third-order valence-electron chi connectivity index (χ3n) is 4.96. The Morgan fingerprint density at radius 1 is 1.15 bits per heavy atom. The molecule has 4 rings (SSSR count). The molecule has 1 aliphatic heterocycles. The lowest BCUT2D eigenvalue weighted by molar-refractivity contribution is 0.181. The van der Waals surface area contributed by atoms with Gasteiger partial charge < -0.3 is 14.4 Å². The lowest BCUT2D eigenvalue weighted by Crippen LogP contribution is -2.34. The molecule has 3 heterocycles. The van der Waals surface area contributed by atoms with Crippen LogP contribution >= 0.6 is 0 Å². The Hall–Kier alpha value is -2.67. The van der Waals surface area contributed by atoms with Crippen molar-refractivity contribution in [2.24, 2.45) is 0 Å². The molecule has 0 radical (unpaired) electrons. The zero-order valence-electron chi connectivity index (χ0n) is 15.1. The van der Waals surface area contributed by atoms with Gasteiger partial charge in [-0.25, -0.2) is 4.98 Å². The number of fused-ring (bicyclic) bond motifs is 1. The summed E-state index contributed by atoms with van der Waals surface area (Å²) < 4.78 is 12.4. The van der Waals surface area contributed by atoms with E-state index in [0.717, 1.165) is 43.2 Å². The zero-order valence-corrected chi connectivity index (χ0v) is 15.1. The summed E-state index contributed by atoms with van der Waals surface area (Å²) in [5.41, 5.74) is 2.22. The number of aromatic nitrogens is 4. The highest BCUT2D eigenvalue weighted by Gasteiger charge is 2.23. The van der Waals surface area contributed by atoms with Crippen LogP contribution in [0.3, 0.4) is 0 Å². The van der Waals surface area contributed by atoms with Gasteiger partial charge in [-0.2, -0.15) is 14.6 Å². The van der Waals surface area contributed by atoms with E-state index in [4.69, 9.17) is 9.47 Å². The number of nitrogens with zero attached hydrogens (tertiary/aromatic N) is 5. The molecule has 136 valence electrons. The number of piperidine rings is 1. The van der Waals surface area contributed by atoms with Crippen molar-refractivity contribution in [3.63, 3.8) is 0 Å². The van der Waals surface area contributed by atoms with Crippen LogP contribution in [0.5, 0.6) is 5.75 Å². The van der Waals surface area contributed by atoms with Gasteiger partial charge in [0.05, 0.1) is 19.4 Å². The first-order valence-electron chi connectivity index (χ1n) is 8.86. The van der Waals surface area contributed by atoms with Crippen LogP contribution in [0.1, 0.15) is 30.0 Å². The number of hydrogen-bond acceptors (Lipinski definition) is 6. The smallest absolute Gasteiger partial charge is 0.254 e. The van der Waals surface area contributed by atoms with Gasteiger partial charge in [-0.3, -0.25) is 0 Å². The van der Waals surface area contributed by atoms with Gasteiger partial charge in [0, 0.05) is 26.3 Å². The summed E-state index contributed by atoms with van der Waals surface area (Å²) in [6, 6.07) is 10.5. The second-order valence-electron chi connectivity index (χ2n) is 6.55. The van der Waals surface area contributed by atoms with Crippen molar-refractivity contribution in [3.05, 3.63) is 47.9 Å². The Labute approximate surface area is 152 Å². The molecule has 7 nitrogen and oxygen atoms in total. The minimum Gasteiger partial charge on any atom is -0.497 e. The van der Waals surface area contributed by atoms with Crippen molar-refractivity contribution in [1.29, 1.82) is 0 Å². The van der Waals surface area contributed by atoms with Crippen molar-refractivity contribution in [3.8, 4) is 5.75 Å². The van der Waals surface area contributed by atoms with Gasteiger partial charge in [0.25, 0.3) is 5.78 Å². The first-order valence-corrected chi connectivity index (χ1v) is 8.86. The van der Waals surface area contributed by atoms with E-state index >= 15 is 0 Å². The SMILES string of the molecule is COCc1cc(N2CCC(c3cccc(OC)c3)CC2)n2ncnc2n1. The van der Waals surface area contributed by atoms with Gasteiger partial charge in [0.2, 0.25) is 0 Å². The van der Waals surface area contributed by atoms with E-state index in [0.29, 0.717) is 18.3 Å². The highest BCUT2D eigenvalue weighted by atomic mass is 16.5. The number of hydrogen-bond donors (Lipinski definition) is 0. The molecule has 1 aliphatic rings. The van der Waals surface area contributed by atoms with Crippen molar-refractivity contribution < 1.29 is 9.47 Å². The van der Waals surface area contributed by atoms with Crippen LogP contribution in [-0.4, -0.2) is 46.9 Å². The summed E-state index contributed by atoms with van der Waals surface area (Å²) in [5.74, 6) is 3.12. The minimum absolute atomic E-state index is 0.469. The monoisotopic (exact) mass is 353 g/mol. The quantitative estimate of drug-likeness (QED) is 0.703. The first kappa shape index (κ1) is 16.8. The topological polar surface area (TPSA) is 64.8 Å². The van der Waals surface area contributed by atoms with Crippen molar-refractivity contribution in [2.75, 3.05) is 32.2 Å². The molecule has 0 atom stereocenters. The minimum atomic E-state index is 0.469. The molecule has 0 spiro atoms. The number of ether oxygens (including phenoxy) is 2. The molecule has 0 N–H and O–H groups in total. The standard InChI is InChI=1S/C19H23N5O2/c1-25-12-16-11-18(24-19(22-16)20-13-21-24)23-8-6-14(7-9-23)15-4-3-5-17(10-15)26-2/h3-5,10-11,13-14H,6-9,12H2,1-2H3. The number of methoxy groups -OCH3 is 2. The molecule has 3 aromatic rings. The molecule has 0 unspecified atom stereocenters. The predicted molar refractivity (Wildman–Crippen MR) is 98.7 cm³/mol. The molecular formula is C19H23N5O2. The average Bonchev–Trinajstić information content (AvgIpc) is 3.16. The van der Waals surface area contributed by atoms with Crippen molar-refractivity contribution >= 4 is 11.6 Å². The largest absolute Gasteiger partial charge is 0.497 e. The van der Waals surface area contributed by atoms with E-state index in [9.17, 15) is 0 Å². The Balaban J connectivity index is 1.54. The zero-order chi connectivity index (χ0) is 17.9. The fraction of sp³-hybridized carbons (Fsp3) is 0.421. The van der Waals surface area contributed by atoms with Gasteiger partial charge in [0.15, 0.2) is 0 Å². The summed E-state index contributed by atoms with van der Waals surface area (Å²) >= 11 is 0. The van der Waals surface area contributed by atoms with E-state index in [1.54, 1.807) is 20.5 Å². The highest BCUT2D eigenvalue weighted by molar-refractivity contribution is 5.48. The Bertz CT molecular complexity index is 887. The molecule has 2 aromatic heterocycles. The summed E-state index contributed by atoms with van der Waals surface area (Å²) in [7, 11) is 3.39. The van der Waals surface area contributed by atoms with E-state index < -0.39 is 0 Å². The fourth-order valence-electron chi connectivity index (χ4n) is 3.63. The maximum absolute atomic E-state index is 5.36. The summed E-state index contributed by atoms with van der Waals surface area (Å²) in [4.78, 5) is 11.1. The molecule has 0 saturated carbocycles. The molecular weight excluding hydrogens is 330 g/mol. The lowest BCUT2D eigenvalue weighted by atomic mass is 9.89. The van der Waals surface area contributed by atoms with Gasteiger partial charge >= 0.3 is 0 Å². The normalized spacial score (nSPS) is 15.5. The highest BCUT2D eigenvalue weighted by Crippen LogP contribution is 2.32. The summed E-state index contributed by atoms with van der Waals surface area (Å²) in [6.07, 6.45) is 3.72. The summed E-state index contributed by atoms with van der Waals surface area (Å²) in [5, 5.41) is 4.34. The third-order valence-corrected chi connectivity index (χ3v) is 4.96. The van der Waals surface area contributed by atoms with Crippen LogP contribution in [0.15, 0.2) is 36.7 Å². The Morgan fingerprint density at radius 2 is 2.00 bits per heavy atom. The maximum atomic E-state index is 5.36. The van der Waals surface area contributed by atoms with Crippen LogP contribution in [0, 0.1) is 0 Å². The van der Waals surface area contributed by atoms with E-state index in [1.165, 1.54) is 5.56 Å². The number of rotatable bonds is 5. The molecule has 26 heavy (non-hydrogen) atoms. The van der Waals surface area contributed by atoms with Gasteiger partial charge in [-0.05, 0) is 36.5 Å². The first-order chi connectivity index (χ1) is 12.8. The molecule has 1 aromatic carbocycles. The Kier molecular flexibility index (Phi) is 4.71. The average molecular weight is 353 g/mol. The fourth-order valence-corrected chi connectivity index (χ4v) is 3.63. The van der Waals surface area contributed by atoms with Crippen LogP contribution in [0.2, 0.25) is 0 Å². The number of anilines is 1. The van der Waals surface area contributed by atoms with E-state index in [2.05, 4.69) is 44.2 Å². The van der Waals surface area contributed by atoms with Gasteiger partial charge in [-0.15, -0.1) is 0 Å². The predicted octanol–water partition coefficient (Wildman–Crippen LogP) is 2.66. The number of benzene rings is 1. The molecule has 0 bridgehead atoms. The summed E-state index contributed by atoms with van der Waals surface area (Å²) in [6.45, 7) is 2.40. The van der Waals surface area contributed by atoms with Crippen molar-refractivity contribution in [1.82, 2.24) is 19.6 Å². The maximum Gasteiger partial charge on any atom is 0.254 e. The van der Waals surface area contributed by atoms with E-state index in [-0.39, 0.29) is 0 Å². The Morgan fingerprint density at radius 3 is 2.77 bits per heavy atom. The molecule has 0 aliphatic carbocycles. The van der Waals surface area contributed by atoms with Gasteiger partial charge in [0.1, 0.15) is 17.9 Å². The van der Waals surface area contributed by atoms with E-state index in [1.807, 2.05) is 10.6 Å². The molecule has 0 amide bonds. The van der Waals surface area contributed by atoms with Crippen LogP contribution in [0.25, 0.3) is 5.78 Å². The molecule has 1 saturated heterocycles. The van der Waals surface area contributed by atoms with Crippen molar-refractivity contribution in [2.45, 2.75) is 25.4 Å². The van der Waals surface area contributed by atoms with Crippen LogP contribution in [-0.2, 0) is 11.3 Å². The van der Waals surface area contributed by atoms with Crippen LogP contribution in [0.4, 0.5) is 5.82 Å². The van der Waals surface area contributed by atoms with Crippen LogP contribution < -0.4 is 9.64 Å². The second kappa shape index (κ2) is 7.29.